The number of amides is 1. The molecule has 1 aromatic carbocycles. The van der Waals surface area contributed by atoms with Crippen LogP contribution >= 0.6 is 0 Å². The molecule has 1 fully saturated rings. The number of benzene rings is 1. The van der Waals surface area contributed by atoms with Gasteiger partial charge in [0.2, 0.25) is 0 Å². The molecule has 1 aliphatic carbocycles. The first-order valence-electron chi connectivity index (χ1n) is 9.82. The number of alkyl halides is 2. The van der Waals surface area contributed by atoms with E-state index in [1.807, 2.05) is 0 Å². The number of nitrogens with zero attached hydrogens (tertiary/aromatic N) is 5. The third kappa shape index (κ3) is 4.37. The molecule has 8 nitrogen and oxygen atoms in total. The van der Waals surface area contributed by atoms with Gasteiger partial charge < -0.3 is 10.1 Å². The summed E-state index contributed by atoms with van der Waals surface area (Å²) in [5.41, 5.74) is 1.25. The lowest BCUT2D eigenvalue weighted by atomic mass is 9.95. The van der Waals surface area contributed by atoms with E-state index in [2.05, 4.69) is 36.1 Å². The van der Waals surface area contributed by atoms with Gasteiger partial charge in [-0.3, -0.25) is 24.7 Å². The lowest BCUT2D eigenvalue weighted by Crippen LogP contribution is -2.28. The molecule has 1 unspecified atom stereocenters. The normalized spacial score (nSPS) is 15.0. The summed E-state index contributed by atoms with van der Waals surface area (Å²) in [5, 5.41) is 12.3. The molecule has 162 valence electrons. The largest absolute Gasteiger partial charge is 0.435 e. The Morgan fingerprint density at radius 3 is 2.56 bits per heavy atom. The lowest BCUT2D eigenvalue weighted by molar-refractivity contribution is -0.0499. The molecule has 0 saturated heterocycles. The summed E-state index contributed by atoms with van der Waals surface area (Å²) in [5.74, 6) is -0.695. The monoisotopic (exact) mass is 436 g/mol. The van der Waals surface area contributed by atoms with E-state index in [1.54, 1.807) is 6.92 Å². The highest BCUT2D eigenvalue weighted by molar-refractivity contribution is 5.95. The van der Waals surface area contributed by atoms with Crippen LogP contribution in [0.1, 0.15) is 47.4 Å². The maximum absolute atomic E-state index is 13.0. The average molecular weight is 436 g/mol. The Hall–Kier alpha value is -4.00. The molecule has 3 aromatic rings. The van der Waals surface area contributed by atoms with Crippen LogP contribution in [0.2, 0.25) is 0 Å². The molecule has 2 heterocycles. The first-order chi connectivity index (χ1) is 15.4. The van der Waals surface area contributed by atoms with Crippen LogP contribution in [-0.4, -0.2) is 32.5 Å². The van der Waals surface area contributed by atoms with Gasteiger partial charge in [-0.2, -0.15) is 14.0 Å². The van der Waals surface area contributed by atoms with E-state index in [9.17, 15) is 18.8 Å². The van der Waals surface area contributed by atoms with Crippen molar-refractivity contribution in [2.24, 2.45) is 0 Å². The van der Waals surface area contributed by atoms with Gasteiger partial charge in [0.25, 0.3) is 5.91 Å². The van der Waals surface area contributed by atoms with E-state index < -0.39 is 24.0 Å². The van der Waals surface area contributed by atoms with Gasteiger partial charge in [-0.1, -0.05) is 0 Å². The average Bonchev–Trinajstić information content (AvgIpc) is 3.60. The summed E-state index contributed by atoms with van der Waals surface area (Å²) in [6.07, 6.45) is 8.80. The van der Waals surface area contributed by atoms with Gasteiger partial charge in [-0.05, 0) is 43.5 Å². The van der Waals surface area contributed by atoms with Crippen molar-refractivity contribution >= 4 is 5.91 Å². The Balaban J connectivity index is 1.62. The summed E-state index contributed by atoms with van der Waals surface area (Å²) in [6, 6.07) is 5.77. The van der Waals surface area contributed by atoms with Crippen LogP contribution in [0, 0.1) is 11.3 Å². The van der Waals surface area contributed by atoms with Crippen molar-refractivity contribution in [3.8, 4) is 23.2 Å². The second-order valence-corrected chi connectivity index (χ2v) is 7.39. The number of nitriles is 1. The van der Waals surface area contributed by atoms with Crippen LogP contribution < -0.4 is 10.1 Å². The molecule has 1 saturated carbocycles. The van der Waals surface area contributed by atoms with Crippen molar-refractivity contribution in [3.63, 3.8) is 0 Å². The summed E-state index contributed by atoms with van der Waals surface area (Å²) in [4.78, 5) is 29.9. The minimum Gasteiger partial charge on any atom is -0.435 e. The predicted octanol–water partition coefficient (Wildman–Crippen LogP) is 3.58. The summed E-state index contributed by atoms with van der Waals surface area (Å²) < 4.78 is 30.1. The van der Waals surface area contributed by atoms with Gasteiger partial charge in [0.05, 0.1) is 29.4 Å². The summed E-state index contributed by atoms with van der Waals surface area (Å²) in [7, 11) is 0. The smallest absolute Gasteiger partial charge is 0.387 e. The maximum atomic E-state index is 13.0. The van der Waals surface area contributed by atoms with Crippen LogP contribution in [-0.2, 0) is 5.41 Å². The zero-order valence-corrected chi connectivity index (χ0v) is 17.0. The summed E-state index contributed by atoms with van der Waals surface area (Å²) >= 11 is 0. The van der Waals surface area contributed by atoms with Gasteiger partial charge in [0, 0.05) is 30.4 Å². The predicted molar refractivity (Wildman–Crippen MR) is 109 cm³/mol. The van der Waals surface area contributed by atoms with E-state index in [0.717, 1.165) is 0 Å². The standard InChI is InChI=1S/C22H18F2N6O2/c1-13(18-19(29-7-6-28-18)17-11-26-4-5-27-17)30-20(31)14-8-15(22(12-25)2-3-22)10-16(9-14)32-21(23)24/h4-11,13,21H,2-3H2,1H3,(H,30,31). The fourth-order valence-corrected chi connectivity index (χ4v) is 3.40. The molecule has 1 aliphatic rings. The molecule has 0 radical (unpaired) electrons. The van der Waals surface area contributed by atoms with Gasteiger partial charge in [0.1, 0.15) is 17.1 Å². The number of hydrogen-bond acceptors (Lipinski definition) is 7. The Kier molecular flexibility index (Phi) is 5.73. The molecule has 0 spiro atoms. The second-order valence-electron chi connectivity index (χ2n) is 7.39. The van der Waals surface area contributed by atoms with Crippen LogP contribution in [0.4, 0.5) is 8.78 Å². The fraction of sp³-hybridized carbons (Fsp3) is 0.273. The van der Waals surface area contributed by atoms with Gasteiger partial charge in [-0.15, -0.1) is 0 Å². The van der Waals surface area contributed by atoms with Gasteiger partial charge in [0.15, 0.2) is 0 Å². The number of halogens is 2. The van der Waals surface area contributed by atoms with Crippen molar-refractivity contribution in [1.29, 1.82) is 5.26 Å². The van der Waals surface area contributed by atoms with Crippen LogP contribution in [0.15, 0.2) is 49.2 Å². The molecule has 1 amide bonds. The Morgan fingerprint density at radius 2 is 1.91 bits per heavy atom. The number of aromatic nitrogens is 4. The number of carbonyl (C=O) groups excluding carboxylic acids is 1. The molecule has 0 aliphatic heterocycles. The molecular weight excluding hydrogens is 418 g/mol. The lowest BCUT2D eigenvalue weighted by Gasteiger charge is -2.17. The molecule has 32 heavy (non-hydrogen) atoms. The minimum absolute atomic E-state index is 0.108. The summed E-state index contributed by atoms with van der Waals surface area (Å²) in [6.45, 7) is -1.33. The molecular formula is C22H18F2N6O2. The molecule has 2 aromatic heterocycles. The van der Waals surface area contributed by atoms with Gasteiger partial charge in [-0.25, -0.2) is 0 Å². The zero-order valence-electron chi connectivity index (χ0n) is 17.0. The molecule has 10 heteroatoms. The number of carbonyl (C=O) groups is 1. The number of ether oxygens (including phenoxy) is 1. The highest BCUT2D eigenvalue weighted by atomic mass is 19.3. The van der Waals surface area contributed by atoms with E-state index >= 15 is 0 Å². The van der Waals surface area contributed by atoms with Crippen molar-refractivity contribution in [3.05, 3.63) is 66.0 Å². The Bertz CT molecular complexity index is 1180. The van der Waals surface area contributed by atoms with Crippen molar-refractivity contribution in [1.82, 2.24) is 25.3 Å². The molecule has 0 bridgehead atoms. The Morgan fingerprint density at radius 1 is 1.16 bits per heavy atom. The van der Waals surface area contributed by atoms with Crippen molar-refractivity contribution in [2.45, 2.75) is 37.8 Å². The maximum Gasteiger partial charge on any atom is 0.387 e. The second kappa shape index (κ2) is 8.63. The van der Waals surface area contributed by atoms with Crippen LogP contribution in [0.3, 0.4) is 0 Å². The third-order valence-electron chi connectivity index (χ3n) is 5.20. The first kappa shape index (κ1) is 21.2. The topological polar surface area (TPSA) is 114 Å². The van der Waals surface area contributed by atoms with E-state index in [1.165, 1.54) is 49.2 Å². The van der Waals surface area contributed by atoms with Crippen molar-refractivity contribution in [2.75, 3.05) is 0 Å². The fourth-order valence-electron chi connectivity index (χ4n) is 3.40. The quantitative estimate of drug-likeness (QED) is 0.602. The van der Waals surface area contributed by atoms with Crippen LogP contribution in [0.5, 0.6) is 5.75 Å². The number of nitrogens with one attached hydrogen (secondary N) is 1. The minimum atomic E-state index is -3.05. The number of hydrogen-bond donors (Lipinski definition) is 1. The van der Waals surface area contributed by atoms with Crippen LogP contribution in [0.25, 0.3) is 11.4 Å². The van der Waals surface area contributed by atoms with E-state index in [4.69, 9.17) is 0 Å². The number of rotatable bonds is 7. The highest BCUT2D eigenvalue weighted by Crippen LogP contribution is 2.48. The molecule has 1 N–H and O–H groups in total. The first-order valence-corrected chi connectivity index (χ1v) is 9.82. The Labute approximate surface area is 182 Å². The molecule has 4 rings (SSSR count). The van der Waals surface area contributed by atoms with Crippen molar-refractivity contribution < 1.29 is 18.3 Å². The third-order valence-corrected chi connectivity index (χ3v) is 5.20. The highest BCUT2D eigenvalue weighted by Gasteiger charge is 2.45. The SMILES string of the molecule is CC(NC(=O)c1cc(OC(F)F)cc(C2(C#N)CC2)c1)c1nccnc1-c1cnccn1. The van der Waals surface area contributed by atoms with Gasteiger partial charge >= 0.3 is 6.61 Å². The van der Waals surface area contributed by atoms with E-state index in [-0.39, 0.29) is 11.3 Å². The zero-order chi connectivity index (χ0) is 22.7. The molecule has 1 atom stereocenters. The van der Waals surface area contributed by atoms with E-state index in [0.29, 0.717) is 35.5 Å².